The average molecular weight is 283 g/mol. The zero-order chi connectivity index (χ0) is 13.8. The Kier molecular flexibility index (Phi) is 4.36. The minimum Gasteiger partial charge on any atom is -0.481 e. The van der Waals surface area contributed by atoms with Crippen molar-refractivity contribution in [3.63, 3.8) is 0 Å². The second kappa shape index (κ2) is 6.01. The number of carboxylic acids is 1. The first-order chi connectivity index (χ1) is 9.06. The Hall–Kier alpha value is -1.63. The maximum atomic E-state index is 11.8. The number of carboxylic acid groups (broad SMARTS) is 1. The maximum Gasteiger partial charge on any atom is 0.323 e. The van der Waals surface area contributed by atoms with Crippen LogP contribution in [0.2, 0.25) is 0 Å². The SMILES string of the molecule is CN(CCC(=O)O)C(=O)Nc1nc2c(s1)CCCC2. The fraction of sp³-hybridized carbons (Fsp3) is 0.583. The Morgan fingerprint density at radius 3 is 2.84 bits per heavy atom. The predicted molar refractivity (Wildman–Crippen MR) is 72.7 cm³/mol. The molecule has 0 saturated heterocycles. The minimum absolute atomic E-state index is 0.0573. The summed E-state index contributed by atoms with van der Waals surface area (Å²) >= 11 is 1.52. The van der Waals surface area contributed by atoms with Gasteiger partial charge in [0.15, 0.2) is 5.13 Å². The van der Waals surface area contributed by atoms with Crippen molar-refractivity contribution < 1.29 is 14.7 Å². The monoisotopic (exact) mass is 283 g/mol. The zero-order valence-electron chi connectivity index (χ0n) is 10.8. The molecule has 1 aliphatic carbocycles. The van der Waals surface area contributed by atoms with E-state index in [0.717, 1.165) is 25.0 Å². The number of carbonyl (C=O) groups excluding carboxylic acids is 1. The van der Waals surface area contributed by atoms with E-state index in [-0.39, 0.29) is 19.0 Å². The number of aromatic nitrogens is 1. The smallest absolute Gasteiger partial charge is 0.323 e. The van der Waals surface area contributed by atoms with Gasteiger partial charge >= 0.3 is 12.0 Å². The fourth-order valence-electron chi connectivity index (χ4n) is 1.96. The van der Waals surface area contributed by atoms with Crippen LogP contribution in [-0.2, 0) is 17.6 Å². The van der Waals surface area contributed by atoms with Gasteiger partial charge in [0.2, 0.25) is 0 Å². The Balaban J connectivity index is 1.91. The number of nitrogens with zero attached hydrogens (tertiary/aromatic N) is 2. The standard InChI is InChI=1S/C12H17N3O3S/c1-15(7-6-10(16)17)12(18)14-11-13-8-4-2-3-5-9(8)19-11/h2-7H2,1H3,(H,16,17)(H,13,14,18). The van der Waals surface area contributed by atoms with Crippen LogP contribution >= 0.6 is 11.3 Å². The van der Waals surface area contributed by atoms with Gasteiger partial charge in [0, 0.05) is 18.5 Å². The molecule has 0 aliphatic heterocycles. The second-order valence-electron chi connectivity index (χ2n) is 4.59. The van der Waals surface area contributed by atoms with Gasteiger partial charge in [-0.1, -0.05) is 0 Å². The number of hydrogen-bond donors (Lipinski definition) is 2. The van der Waals surface area contributed by atoms with E-state index in [1.54, 1.807) is 7.05 Å². The number of anilines is 1. The normalized spacial score (nSPS) is 13.7. The molecule has 7 heteroatoms. The molecule has 2 amide bonds. The number of fused-ring (bicyclic) bond motifs is 1. The number of carbonyl (C=O) groups is 2. The van der Waals surface area contributed by atoms with Gasteiger partial charge in [0.25, 0.3) is 0 Å². The van der Waals surface area contributed by atoms with Crippen molar-refractivity contribution in [3.8, 4) is 0 Å². The number of thiazole rings is 1. The summed E-state index contributed by atoms with van der Waals surface area (Å²) in [6, 6.07) is -0.313. The zero-order valence-corrected chi connectivity index (χ0v) is 11.6. The van der Waals surface area contributed by atoms with Crippen molar-refractivity contribution in [3.05, 3.63) is 10.6 Å². The second-order valence-corrected chi connectivity index (χ2v) is 5.68. The average Bonchev–Trinajstić information content (AvgIpc) is 2.77. The van der Waals surface area contributed by atoms with Crippen LogP contribution in [0.25, 0.3) is 0 Å². The third-order valence-corrected chi connectivity index (χ3v) is 4.14. The molecule has 0 saturated carbocycles. The van der Waals surface area contributed by atoms with Crippen molar-refractivity contribution in [2.24, 2.45) is 0 Å². The van der Waals surface area contributed by atoms with E-state index in [1.807, 2.05) is 0 Å². The lowest BCUT2D eigenvalue weighted by Crippen LogP contribution is -2.33. The molecule has 0 unspecified atom stereocenters. The van der Waals surface area contributed by atoms with Crippen LogP contribution in [0.5, 0.6) is 0 Å². The molecule has 0 atom stereocenters. The molecule has 1 heterocycles. The highest BCUT2D eigenvalue weighted by Crippen LogP contribution is 2.29. The van der Waals surface area contributed by atoms with Gasteiger partial charge in [-0.05, 0) is 25.7 Å². The highest BCUT2D eigenvalue weighted by Gasteiger charge is 2.17. The number of aryl methyl sites for hydroxylation is 2. The number of hydrogen-bond acceptors (Lipinski definition) is 4. The number of aliphatic carboxylic acids is 1. The fourth-order valence-corrected chi connectivity index (χ4v) is 3.00. The van der Waals surface area contributed by atoms with E-state index in [0.29, 0.717) is 5.13 Å². The molecule has 104 valence electrons. The van der Waals surface area contributed by atoms with Crippen LogP contribution in [-0.4, -0.2) is 40.6 Å². The Morgan fingerprint density at radius 2 is 2.16 bits per heavy atom. The van der Waals surface area contributed by atoms with Gasteiger partial charge in [-0.25, -0.2) is 9.78 Å². The third-order valence-electron chi connectivity index (χ3n) is 3.07. The topological polar surface area (TPSA) is 82.5 Å². The highest BCUT2D eigenvalue weighted by molar-refractivity contribution is 7.15. The lowest BCUT2D eigenvalue weighted by molar-refractivity contribution is -0.137. The van der Waals surface area contributed by atoms with Crippen LogP contribution in [0.1, 0.15) is 29.8 Å². The lowest BCUT2D eigenvalue weighted by atomic mass is 10.0. The van der Waals surface area contributed by atoms with Crippen molar-refractivity contribution in [1.29, 1.82) is 0 Å². The van der Waals surface area contributed by atoms with Gasteiger partial charge in [-0.2, -0.15) is 0 Å². The molecule has 2 N–H and O–H groups in total. The van der Waals surface area contributed by atoms with Crippen molar-refractivity contribution in [2.45, 2.75) is 32.1 Å². The molecule has 19 heavy (non-hydrogen) atoms. The largest absolute Gasteiger partial charge is 0.481 e. The number of nitrogens with one attached hydrogen (secondary N) is 1. The predicted octanol–water partition coefficient (Wildman–Crippen LogP) is 1.96. The summed E-state index contributed by atoms with van der Waals surface area (Å²) in [5.74, 6) is -0.913. The molecule has 0 fully saturated rings. The van der Waals surface area contributed by atoms with E-state index < -0.39 is 5.97 Å². The quantitative estimate of drug-likeness (QED) is 0.885. The highest BCUT2D eigenvalue weighted by atomic mass is 32.1. The van der Waals surface area contributed by atoms with E-state index in [2.05, 4.69) is 10.3 Å². The maximum absolute atomic E-state index is 11.8. The first kappa shape index (κ1) is 13.8. The summed E-state index contributed by atoms with van der Waals surface area (Å²) in [5, 5.41) is 11.9. The van der Waals surface area contributed by atoms with Gasteiger partial charge in [-0.3, -0.25) is 10.1 Å². The van der Waals surface area contributed by atoms with Gasteiger partial charge in [-0.15, -0.1) is 11.3 Å². The number of rotatable bonds is 4. The summed E-state index contributed by atoms with van der Waals surface area (Å²) in [4.78, 5) is 29.3. The first-order valence-electron chi connectivity index (χ1n) is 6.29. The van der Waals surface area contributed by atoms with Crippen molar-refractivity contribution in [1.82, 2.24) is 9.88 Å². The third kappa shape index (κ3) is 3.66. The van der Waals surface area contributed by atoms with E-state index in [9.17, 15) is 9.59 Å². The molecule has 0 bridgehead atoms. The Labute approximate surface area is 115 Å². The molecule has 1 aliphatic rings. The van der Waals surface area contributed by atoms with E-state index in [1.165, 1.54) is 27.5 Å². The lowest BCUT2D eigenvalue weighted by Gasteiger charge is -2.15. The molecule has 0 radical (unpaired) electrons. The number of urea groups is 1. The summed E-state index contributed by atoms with van der Waals surface area (Å²) < 4.78 is 0. The summed E-state index contributed by atoms with van der Waals surface area (Å²) in [5.41, 5.74) is 1.10. The van der Waals surface area contributed by atoms with E-state index >= 15 is 0 Å². The van der Waals surface area contributed by atoms with Crippen molar-refractivity contribution in [2.75, 3.05) is 18.9 Å². The molecular weight excluding hydrogens is 266 g/mol. The molecular formula is C12H17N3O3S. The summed E-state index contributed by atoms with van der Waals surface area (Å²) in [6.45, 7) is 0.187. The first-order valence-corrected chi connectivity index (χ1v) is 7.10. The van der Waals surface area contributed by atoms with Crippen molar-refractivity contribution >= 4 is 28.5 Å². The van der Waals surface area contributed by atoms with Crippen LogP contribution in [0.4, 0.5) is 9.93 Å². The molecule has 0 aromatic carbocycles. The number of amides is 2. The van der Waals surface area contributed by atoms with Crippen LogP contribution in [0.15, 0.2) is 0 Å². The minimum atomic E-state index is -0.913. The van der Waals surface area contributed by atoms with Gasteiger partial charge in [0.1, 0.15) is 0 Å². The molecule has 0 spiro atoms. The van der Waals surface area contributed by atoms with Gasteiger partial charge < -0.3 is 10.0 Å². The molecule has 6 nitrogen and oxygen atoms in total. The Bertz CT molecular complexity index is 463. The van der Waals surface area contributed by atoms with Crippen LogP contribution in [0.3, 0.4) is 0 Å². The summed E-state index contributed by atoms with van der Waals surface area (Å²) in [6.07, 6.45) is 4.30. The molecule has 1 aromatic rings. The van der Waals surface area contributed by atoms with Crippen LogP contribution < -0.4 is 5.32 Å². The van der Waals surface area contributed by atoms with Crippen LogP contribution in [0, 0.1) is 0 Å². The molecule has 2 rings (SSSR count). The van der Waals surface area contributed by atoms with E-state index in [4.69, 9.17) is 5.11 Å². The molecule has 1 aromatic heterocycles. The summed E-state index contributed by atoms with van der Waals surface area (Å²) in [7, 11) is 1.58. The Morgan fingerprint density at radius 1 is 1.42 bits per heavy atom. The van der Waals surface area contributed by atoms with Gasteiger partial charge in [0.05, 0.1) is 12.1 Å².